The summed E-state index contributed by atoms with van der Waals surface area (Å²) in [7, 11) is 0. The molecule has 1 N–H and O–H groups in total. The normalized spacial score (nSPS) is 11.8. The second kappa shape index (κ2) is 8.57. The maximum atomic E-state index is 12.8. The Kier molecular flexibility index (Phi) is 5.52. The molecule has 0 fully saturated rings. The van der Waals surface area contributed by atoms with Crippen LogP contribution in [0.5, 0.6) is 0 Å². The number of rotatable bonds is 6. The topological polar surface area (TPSA) is 46.9 Å². The summed E-state index contributed by atoms with van der Waals surface area (Å²) in [5.74, 6) is -0.0351. The summed E-state index contributed by atoms with van der Waals surface area (Å²) in [4.78, 5) is 12.8. The van der Waals surface area contributed by atoms with Crippen LogP contribution in [0.2, 0.25) is 0 Å². The van der Waals surface area contributed by atoms with Crippen molar-refractivity contribution < 1.29 is 4.79 Å². The largest absolute Gasteiger partial charge is 0.345 e. The van der Waals surface area contributed by atoms with Crippen LogP contribution in [0, 0.1) is 6.92 Å². The van der Waals surface area contributed by atoms with E-state index in [1.807, 2.05) is 66.9 Å². The quantitative estimate of drug-likeness (QED) is 0.529. The van der Waals surface area contributed by atoms with Crippen LogP contribution in [0.1, 0.15) is 28.3 Å². The van der Waals surface area contributed by atoms with E-state index in [1.54, 1.807) is 10.9 Å². The van der Waals surface area contributed by atoms with Crippen molar-refractivity contribution in [3.63, 3.8) is 0 Å². The standard InChI is InChI=1S/C25H23N3O/c1-19-12-14-22(15-13-19)25(21-8-4-2-5-9-21)27-24(29)16-20-17-26-28(18-20)23-10-6-3-7-11-23/h2-15,17-18,25H,16H2,1H3,(H,27,29)/t25-/m0/s1. The van der Waals surface area contributed by atoms with E-state index in [-0.39, 0.29) is 18.4 Å². The molecule has 4 nitrogen and oxygen atoms in total. The van der Waals surface area contributed by atoms with E-state index in [1.165, 1.54) is 5.56 Å². The lowest BCUT2D eigenvalue weighted by Gasteiger charge is -2.20. The van der Waals surface area contributed by atoms with Gasteiger partial charge in [0, 0.05) is 6.20 Å². The van der Waals surface area contributed by atoms with Gasteiger partial charge in [0.2, 0.25) is 5.91 Å². The van der Waals surface area contributed by atoms with Crippen LogP contribution in [0.4, 0.5) is 0 Å². The predicted molar refractivity (Wildman–Crippen MR) is 115 cm³/mol. The van der Waals surface area contributed by atoms with Gasteiger partial charge in [-0.1, -0.05) is 78.4 Å². The van der Waals surface area contributed by atoms with Crippen LogP contribution in [0.3, 0.4) is 0 Å². The highest BCUT2D eigenvalue weighted by Crippen LogP contribution is 2.22. The van der Waals surface area contributed by atoms with E-state index >= 15 is 0 Å². The molecule has 0 radical (unpaired) electrons. The number of carbonyl (C=O) groups excluding carboxylic acids is 1. The second-order valence-corrected chi connectivity index (χ2v) is 7.13. The van der Waals surface area contributed by atoms with Crippen molar-refractivity contribution in [1.29, 1.82) is 0 Å². The van der Waals surface area contributed by atoms with E-state index < -0.39 is 0 Å². The molecule has 1 heterocycles. The van der Waals surface area contributed by atoms with Gasteiger partial charge in [0.15, 0.2) is 0 Å². The highest BCUT2D eigenvalue weighted by Gasteiger charge is 2.17. The number of amides is 1. The number of para-hydroxylation sites is 1. The minimum absolute atomic E-state index is 0.0351. The van der Waals surface area contributed by atoms with E-state index in [4.69, 9.17) is 0 Å². The smallest absolute Gasteiger partial charge is 0.225 e. The van der Waals surface area contributed by atoms with Crippen molar-refractivity contribution in [2.75, 3.05) is 0 Å². The number of hydrogen-bond donors (Lipinski definition) is 1. The fraction of sp³-hybridized carbons (Fsp3) is 0.120. The predicted octanol–water partition coefficient (Wildman–Crippen LogP) is 4.63. The van der Waals surface area contributed by atoms with Crippen molar-refractivity contribution in [3.05, 3.63) is 120 Å². The van der Waals surface area contributed by atoms with Gasteiger partial charge in [-0.2, -0.15) is 5.10 Å². The molecule has 0 aliphatic rings. The second-order valence-electron chi connectivity index (χ2n) is 7.13. The van der Waals surface area contributed by atoms with Crippen molar-refractivity contribution in [2.45, 2.75) is 19.4 Å². The Morgan fingerprint density at radius 1 is 0.897 bits per heavy atom. The van der Waals surface area contributed by atoms with Gasteiger partial charge in [-0.25, -0.2) is 4.68 Å². The van der Waals surface area contributed by atoms with Crippen LogP contribution in [-0.2, 0) is 11.2 Å². The summed E-state index contributed by atoms with van der Waals surface area (Å²) in [5, 5.41) is 7.57. The molecule has 1 atom stereocenters. The van der Waals surface area contributed by atoms with Gasteiger partial charge < -0.3 is 5.32 Å². The lowest BCUT2D eigenvalue weighted by molar-refractivity contribution is -0.120. The zero-order valence-electron chi connectivity index (χ0n) is 16.3. The summed E-state index contributed by atoms with van der Waals surface area (Å²) < 4.78 is 1.79. The average molecular weight is 381 g/mol. The summed E-state index contributed by atoms with van der Waals surface area (Å²) >= 11 is 0. The summed E-state index contributed by atoms with van der Waals surface area (Å²) in [6, 6.07) is 28.0. The molecule has 4 rings (SSSR count). The highest BCUT2D eigenvalue weighted by atomic mass is 16.1. The first-order chi connectivity index (χ1) is 14.2. The number of carbonyl (C=O) groups is 1. The van der Waals surface area contributed by atoms with Crippen LogP contribution in [-0.4, -0.2) is 15.7 Å². The molecule has 0 saturated carbocycles. The summed E-state index contributed by atoms with van der Waals surface area (Å²) in [6.07, 6.45) is 3.93. The maximum Gasteiger partial charge on any atom is 0.225 e. The van der Waals surface area contributed by atoms with Gasteiger partial charge in [0.25, 0.3) is 0 Å². The van der Waals surface area contributed by atoms with Gasteiger partial charge in [-0.15, -0.1) is 0 Å². The first kappa shape index (κ1) is 18.7. The van der Waals surface area contributed by atoms with Crippen LogP contribution in [0.15, 0.2) is 97.3 Å². The fourth-order valence-electron chi connectivity index (χ4n) is 3.33. The molecule has 0 aliphatic heterocycles. The Balaban J connectivity index is 1.51. The first-order valence-electron chi connectivity index (χ1n) is 9.69. The van der Waals surface area contributed by atoms with E-state index in [9.17, 15) is 4.79 Å². The Labute approximate surface area is 170 Å². The molecule has 0 saturated heterocycles. The fourth-order valence-corrected chi connectivity index (χ4v) is 3.33. The van der Waals surface area contributed by atoms with Crippen LogP contribution < -0.4 is 5.32 Å². The maximum absolute atomic E-state index is 12.8. The molecule has 0 spiro atoms. The Bertz CT molecular complexity index is 1070. The molecule has 4 heteroatoms. The van der Waals surface area contributed by atoms with Gasteiger partial charge in [0.1, 0.15) is 0 Å². The summed E-state index contributed by atoms with van der Waals surface area (Å²) in [6.45, 7) is 2.06. The zero-order chi connectivity index (χ0) is 20.1. The third-order valence-electron chi connectivity index (χ3n) is 4.87. The Morgan fingerprint density at radius 3 is 2.21 bits per heavy atom. The number of aromatic nitrogens is 2. The minimum atomic E-state index is -0.187. The molecular formula is C25H23N3O. The Hall–Kier alpha value is -3.66. The third-order valence-corrected chi connectivity index (χ3v) is 4.87. The molecule has 0 aliphatic carbocycles. The third kappa shape index (κ3) is 4.61. The number of benzene rings is 3. The van der Waals surface area contributed by atoms with Crippen molar-refractivity contribution in [2.24, 2.45) is 0 Å². The average Bonchev–Trinajstić information content (AvgIpc) is 3.22. The number of hydrogen-bond acceptors (Lipinski definition) is 2. The van der Waals surface area contributed by atoms with Gasteiger partial charge >= 0.3 is 0 Å². The van der Waals surface area contributed by atoms with E-state index in [0.717, 1.165) is 22.4 Å². The molecule has 0 bridgehead atoms. The highest BCUT2D eigenvalue weighted by molar-refractivity contribution is 5.79. The van der Waals surface area contributed by atoms with Crippen LogP contribution >= 0.6 is 0 Å². The monoisotopic (exact) mass is 381 g/mol. The lowest BCUT2D eigenvalue weighted by atomic mass is 9.97. The lowest BCUT2D eigenvalue weighted by Crippen LogP contribution is -2.30. The molecule has 29 heavy (non-hydrogen) atoms. The first-order valence-corrected chi connectivity index (χ1v) is 9.69. The van der Waals surface area contributed by atoms with Gasteiger partial charge in [-0.05, 0) is 35.7 Å². The number of nitrogens with zero attached hydrogens (tertiary/aromatic N) is 2. The molecule has 144 valence electrons. The molecule has 1 aromatic heterocycles. The number of nitrogens with one attached hydrogen (secondary N) is 1. The minimum Gasteiger partial charge on any atom is -0.345 e. The van der Waals surface area contributed by atoms with Gasteiger partial charge in [-0.3, -0.25) is 4.79 Å². The van der Waals surface area contributed by atoms with Crippen molar-refractivity contribution in [1.82, 2.24) is 15.1 Å². The van der Waals surface area contributed by atoms with Gasteiger partial charge in [0.05, 0.1) is 24.3 Å². The molecule has 0 unspecified atom stereocenters. The summed E-state index contributed by atoms with van der Waals surface area (Å²) in [5.41, 5.74) is 5.17. The molecule has 4 aromatic rings. The van der Waals surface area contributed by atoms with E-state index in [0.29, 0.717) is 0 Å². The zero-order valence-corrected chi connectivity index (χ0v) is 16.3. The van der Waals surface area contributed by atoms with Crippen molar-refractivity contribution in [3.8, 4) is 5.69 Å². The molecular weight excluding hydrogens is 358 g/mol. The Morgan fingerprint density at radius 2 is 1.52 bits per heavy atom. The SMILES string of the molecule is Cc1ccc([C@@H](NC(=O)Cc2cnn(-c3ccccc3)c2)c2ccccc2)cc1. The number of aryl methyl sites for hydroxylation is 1. The molecule has 3 aromatic carbocycles. The van der Waals surface area contributed by atoms with Crippen molar-refractivity contribution >= 4 is 5.91 Å². The van der Waals surface area contributed by atoms with Crippen LogP contribution in [0.25, 0.3) is 5.69 Å². The van der Waals surface area contributed by atoms with E-state index in [2.05, 4.69) is 41.6 Å². The molecule has 1 amide bonds.